The molecule has 0 bridgehead atoms. The Morgan fingerprint density at radius 1 is 1.36 bits per heavy atom. The first-order chi connectivity index (χ1) is 12.0. The molecule has 0 unspecified atom stereocenters. The minimum absolute atomic E-state index is 0.199. The molecule has 9 heteroatoms. The van der Waals surface area contributed by atoms with Gasteiger partial charge in [0.25, 0.3) is 15.9 Å². The fourth-order valence-electron chi connectivity index (χ4n) is 3.18. The predicted octanol–water partition coefficient (Wildman–Crippen LogP) is 1.13. The van der Waals surface area contributed by atoms with Crippen LogP contribution in [-0.2, 0) is 21.9 Å². The second-order valence-corrected chi connectivity index (χ2v) is 8.43. The number of nitrogens with zero attached hydrogens (tertiary/aromatic N) is 4. The third-order valence-electron chi connectivity index (χ3n) is 4.39. The van der Waals surface area contributed by atoms with Gasteiger partial charge in [0.2, 0.25) is 0 Å². The number of likely N-dealkylation sites (tertiary alicyclic amines) is 1. The number of amidine groups is 1. The second-order valence-electron chi connectivity index (χ2n) is 5.98. The molecule has 1 fully saturated rings. The van der Waals surface area contributed by atoms with Crippen molar-refractivity contribution in [3.63, 3.8) is 0 Å². The minimum Gasteiger partial charge on any atom is -0.343 e. The first kappa shape index (κ1) is 16.2. The Morgan fingerprint density at radius 2 is 2.16 bits per heavy atom. The number of rotatable bonds is 1. The summed E-state index contributed by atoms with van der Waals surface area (Å²) in [6.07, 6.45) is 3.27. The van der Waals surface area contributed by atoms with E-state index >= 15 is 0 Å². The van der Waals surface area contributed by atoms with Crippen molar-refractivity contribution in [2.45, 2.75) is 23.8 Å². The fraction of sp³-hybridized carbons (Fsp3) is 0.312. The molecule has 0 spiro atoms. The maximum Gasteiger partial charge on any atom is 0.285 e. The maximum absolute atomic E-state index is 12.7. The quantitative estimate of drug-likeness (QED) is 0.747. The SMILES string of the molecule is Cn1ccsc1=NC(=O)[C@@H]1CCCN1C1=NS(=O)(=O)c2ccccc21. The van der Waals surface area contributed by atoms with Gasteiger partial charge in [-0.1, -0.05) is 12.1 Å². The molecule has 1 aromatic carbocycles. The normalized spacial score (nSPS) is 22.1. The van der Waals surface area contributed by atoms with Crippen molar-refractivity contribution in [3.8, 4) is 0 Å². The van der Waals surface area contributed by atoms with Crippen LogP contribution in [0.5, 0.6) is 0 Å². The Hall–Kier alpha value is -2.26. The average molecular weight is 376 g/mol. The molecule has 0 N–H and O–H groups in total. The molecule has 1 aromatic heterocycles. The summed E-state index contributed by atoms with van der Waals surface area (Å²) in [5.41, 5.74) is 0.559. The number of aromatic nitrogens is 1. The summed E-state index contributed by atoms with van der Waals surface area (Å²) in [5, 5.41) is 1.86. The van der Waals surface area contributed by atoms with Crippen LogP contribution < -0.4 is 4.80 Å². The van der Waals surface area contributed by atoms with Crippen LogP contribution in [0.3, 0.4) is 0 Å². The summed E-state index contributed by atoms with van der Waals surface area (Å²) >= 11 is 1.39. The summed E-state index contributed by atoms with van der Waals surface area (Å²) in [5.74, 6) is 0.0947. The van der Waals surface area contributed by atoms with Crippen molar-refractivity contribution in [3.05, 3.63) is 46.2 Å². The number of amides is 1. The number of hydrogen-bond donors (Lipinski definition) is 0. The molecule has 25 heavy (non-hydrogen) atoms. The van der Waals surface area contributed by atoms with Crippen LogP contribution in [0, 0.1) is 0 Å². The molecule has 1 saturated heterocycles. The fourth-order valence-corrected chi connectivity index (χ4v) is 5.13. The number of carbonyl (C=O) groups excluding carboxylic acids is 1. The molecule has 2 aromatic rings. The van der Waals surface area contributed by atoms with Gasteiger partial charge >= 0.3 is 0 Å². The van der Waals surface area contributed by atoms with E-state index in [1.54, 1.807) is 33.7 Å². The number of sulfonamides is 1. The largest absolute Gasteiger partial charge is 0.343 e. The number of hydrogen-bond acceptors (Lipinski definition) is 5. The van der Waals surface area contributed by atoms with Gasteiger partial charge in [-0.15, -0.1) is 15.7 Å². The van der Waals surface area contributed by atoms with E-state index in [0.717, 1.165) is 6.42 Å². The van der Waals surface area contributed by atoms with Gasteiger partial charge in [-0.25, -0.2) is 0 Å². The standard InChI is InChI=1S/C16H16N4O3S2/c1-19-9-10-24-16(19)17-15(21)12-6-4-8-20(12)14-11-5-2-3-7-13(11)25(22,23)18-14/h2-3,5,7,9-10,12H,4,6,8H2,1H3/t12-/m0/s1. The summed E-state index contributed by atoms with van der Waals surface area (Å²) < 4.78 is 30.3. The lowest BCUT2D eigenvalue weighted by atomic mass is 10.1. The van der Waals surface area contributed by atoms with E-state index in [2.05, 4.69) is 9.39 Å². The van der Waals surface area contributed by atoms with Gasteiger partial charge in [-0.05, 0) is 25.0 Å². The van der Waals surface area contributed by atoms with E-state index < -0.39 is 16.1 Å². The van der Waals surface area contributed by atoms with Crippen molar-refractivity contribution in [1.29, 1.82) is 0 Å². The Labute approximate surface area is 149 Å². The van der Waals surface area contributed by atoms with Crippen molar-refractivity contribution in [1.82, 2.24) is 9.47 Å². The molecule has 3 heterocycles. The van der Waals surface area contributed by atoms with Crippen LogP contribution in [0.15, 0.2) is 50.1 Å². The molecule has 1 amide bonds. The van der Waals surface area contributed by atoms with Crippen LogP contribution in [0.2, 0.25) is 0 Å². The van der Waals surface area contributed by atoms with Crippen LogP contribution in [0.4, 0.5) is 0 Å². The number of aryl methyl sites for hydroxylation is 1. The van der Waals surface area contributed by atoms with Crippen molar-refractivity contribution < 1.29 is 13.2 Å². The Bertz CT molecular complexity index is 1050. The topological polar surface area (TPSA) is 84.1 Å². The summed E-state index contributed by atoms with van der Waals surface area (Å²) in [6, 6.07) is 6.24. The van der Waals surface area contributed by atoms with Gasteiger partial charge in [0, 0.05) is 30.7 Å². The van der Waals surface area contributed by atoms with E-state index in [0.29, 0.717) is 29.2 Å². The third kappa shape index (κ3) is 2.73. The summed E-state index contributed by atoms with van der Waals surface area (Å²) in [6.45, 7) is 0.588. The lowest BCUT2D eigenvalue weighted by molar-refractivity contribution is -0.121. The highest BCUT2D eigenvalue weighted by atomic mass is 32.2. The Balaban J connectivity index is 1.72. The highest BCUT2D eigenvalue weighted by molar-refractivity contribution is 7.90. The zero-order valence-electron chi connectivity index (χ0n) is 13.5. The molecule has 2 aliphatic heterocycles. The average Bonchev–Trinajstić information content (AvgIpc) is 3.27. The van der Waals surface area contributed by atoms with Crippen LogP contribution in [0.1, 0.15) is 18.4 Å². The highest BCUT2D eigenvalue weighted by Gasteiger charge is 2.39. The summed E-state index contributed by atoms with van der Waals surface area (Å²) in [4.78, 5) is 19.5. The van der Waals surface area contributed by atoms with Crippen LogP contribution in [-0.4, -0.2) is 42.2 Å². The second kappa shape index (κ2) is 5.92. The lowest BCUT2D eigenvalue weighted by Gasteiger charge is -2.23. The van der Waals surface area contributed by atoms with Crippen molar-refractivity contribution >= 4 is 33.1 Å². The number of benzene rings is 1. The molecule has 0 aliphatic carbocycles. The third-order valence-corrected chi connectivity index (χ3v) is 6.56. The van der Waals surface area contributed by atoms with Gasteiger partial charge in [-0.2, -0.15) is 13.4 Å². The molecule has 1 atom stereocenters. The number of thiazole rings is 1. The first-order valence-corrected chi connectivity index (χ1v) is 10.2. The Kier molecular flexibility index (Phi) is 3.84. The number of carbonyl (C=O) groups is 1. The van der Waals surface area contributed by atoms with E-state index in [-0.39, 0.29) is 10.8 Å². The molecule has 0 saturated carbocycles. The maximum atomic E-state index is 12.7. The van der Waals surface area contributed by atoms with Gasteiger partial charge in [-0.3, -0.25) is 4.79 Å². The molecular weight excluding hydrogens is 360 g/mol. The van der Waals surface area contributed by atoms with Gasteiger partial charge in [0.1, 0.15) is 10.9 Å². The minimum atomic E-state index is -3.70. The Morgan fingerprint density at radius 3 is 2.92 bits per heavy atom. The highest BCUT2D eigenvalue weighted by Crippen LogP contribution is 2.31. The van der Waals surface area contributed by atoms with Gasteiger partial charge < -0.3 is 9.47 Å². The lowest BCUT2D eigenvalue weighted by Crippen LogP contribution is -2.40. The van der Waals surface area contributed by atoms with E-state index in [1.165, 1.54) is 11.3 Å². The first-order valence-electron chi connectivity index (χ1n) is 7.87. The smallest absolute Gasteiger partial charge is 0.285 e. The van der Waals surface area contributed by atoms with Crippen molar-refractivity contribution in [2.75, 3.05) is 6.54 Å². The molecule has 2 aliphatic rings. The van der Waals surface area contributed by atoms with Crippen LogP contribution >= 0.6 is 11.3 Å². The van der Waals surface area contributed by atoms with Gasteiger partial charge in [0.15, 0.2) is 10.6 Å². The van der Waals surface area contributed by atoms with E-state index in [4.69, 9.17) is 0 Å². The zero-order chi connectivity index (χ0) is 17.6. The monoisotopic (exact) mass is 376 g/mol. The van der Waals surface area contributed by atoms with Crippen LogP contribution in [0.25, 0.3) is 0 Å². The van der Waals surface area contributed by atoms with E-state index in [1.807, 2.05) is 18.6 Å². The van der Waals surface area contributed by atoms with Gasteiger partial charge in [0.05, 0.1) is 0 Å². The predicted molar refractivity (Wildman–Crippen MR) is 93.8 cm³/mol. The van der Waals surface area contributed by atoms with E-state index in [9.17, 15) is 13.2 Å². The summed E-state index contributed by atoms with van der Waals surface area (Å²) in [7, 11) is -1.86. The molecule has 0 radical (unpaired) electrons. The molecule has 130 valence electrons. The molecule has 7 nitrogen and oxygen atoms in total. The zero-order valence-corrected chi connectivity index (χ0v) is 15.1. The van der Waals surface area contributed by atoms with Crippen molar-refractivity contribution in [2.24, 2.45) is 16.4 Å². The molecular formula is C16H16N4O3S2. The molecule has 4 rings (SSSR count). The number of fused-ring (bicyclic) bond motifs is 1.